The number of rotatable bonds is 3. The zero-order valence-electron chi connectivity index (χ0n) is 13.2. The fraction of sp³-hybridized carbons (Fsp3) is 0.278. The van der Waals surface area contributed by atoms with Crippen molar-refractivity contribution in [1.82, 2.24) is 0 Å². The van der Waals surface area contributed by atoms with Crippen molar-refractivity contribution in [3.05, 3.63) is 59.7 Å². The van der Waals surface area contributed by atoms with E-state index in [0.29, 0.717) is 12.1 Å². The van der Waals surface area contributed by atoms with E-state index in [1.165, 1.54) is 23.4 Å². The van der Waals surface area contributed by atoms with Crippen molar-refractivity contribution in [3.8, 4) is 0 Å². The number of fused-ring (bicyclic) bond motifs is 1. The maximum Gasteiger partial charge on any atom is 0.264 e. The van der Waals surface area contributed by atoms with Gasteiger partial charge in [-0.25, -0.2) is 8.42 Å². The van der Waals surface area contributed by atoms with Gasteiger partial charge in [0.1, 0.15) is 0 Å². The molecule has 4 nitrogen and oxygen atoms in total. The Labute approximate surface area is 136 Å². The van der Waals surface area contributed by atoms with Gasteiger partial charge in [-0.3, -0.25) is 9.10 Å². The lowest BCUT2D eigenvalue weighted by atomic mass is 9.96. The molecule has 2 aromatic carbocycles. The molecule has 23 heavy (non-hydrogen) atoms. The van der Waals surface area contributed by atoms with Crippen LogP contribution in [0.5, 0.6) is 0 Å². The van der Waals surface area contributed by atoms with Crippen molar-refractivity contribution in [2.75, 3.05) is 10.8 Å². The van der Waals surface area contributed by atoms with E-state index < -0.39 is 10.0 Å². The number of anilines is 1. The average molecular weight is 329 g/mol. The molecule has 0 saturated heterocycles. The minimum atomic E-state index is -3.63. The molecule has 0 fully saturated rings. The van der Waals surface area contributed by atoms with Gasteiger partial charge in [0.05, 0.1) is 10.6 Å². The maximum absolute atomic E-state index is 13.0. The average Bonchev–Trinajstić information content (AvgIpc) is 2.54. The summed E-state index contributed by atoms with van der Waals surface area (Å²) in [5.74, 6) is 0.182. The summed E-state index contributed by atoms with van der Waals surface area (Å²) in [5, 5.41) is 0. The minimum absolute atomic E-state index is 0.0779. The molecule has 0 spiro atoms. The summed E-state index contributed by atoms with van der Waals surface area (Å²) in [6.07, 6.45) is 0.880. The van der Waals surface area contributed by atoms with Crippen molar-refractivity contribution in [1.29, 1.82) is 0 Å². The monoisotopic (exact) mass is 329 g/mol. The van der Waals surface area contributed by atoms with Gasteiger partial charge in [-0.05, 0) is 43.0 Å². The highest BCUT2D eigenvalue weighted by Gasteiger charge is 2.31. The molecule has 1 atom stereocenters. The Morgan fingerprint density at radius 2 is 1.74 bits per heavy atom. The van der Waals surface area contributed by atoms with Gasteiger partial charge >= 0.3 is 0 Å². The van der Waals surface area contributed by atoms with Crippen LogP contribution in [0, 0.1) is 5.92 Å². The highest BCUT2D eigenvalue weighted by Crippen LogP contribution is 2.33. The molecule has 0 aliphatic carbocycles. The van der Waals surface area contributed by atoms with Crippen molar-refractivity contribution >= 4 is 21.5 Å². The third kappa shape index (κ3) is 2.88. The smallest absolute Gasteiger partial charge is 0.264 e. The normalized spacial score (nSPS) is 17.7. The highest BCUT2D eigenvalue weighted by atomic mass is 32.2. The summed E-state index contributed by atoms with van der Waals surface area (Å²) in [5.41, 5.74) is 2.31. The molecule has 1 aliphatic heterocycles. The standard InChI is InChI=1S/C18H19NO3S/c1-13-11-16-5-3-4-6-18(16)19(12-13)23(21,22)17-9-7-15(8-10-17)14(2)20/h3-10,13H,11-12H2,1-2H3. The summed E-state index contributed by atoms with van der Waals surface area (Å²) in [6, 6.07) is 13.8. The third-order valence-electron chi connectivity index (χ3n) is 4.16. The second kappa shape index (κ2) is 5.81. The lowest BCUT2D eigenvalue weighted by Gasteiger charge is -2.33. The molecule has 2 aromatic rings. The van der Waals surface area contributed by atoms with Crippen LogP contribution in [-0.2, 0) is 16.4 Å². The van der Waals surface area contributed by atoms with Crippen LogP contribution in [0.4, 0.5) is 5.69 Å². The van der Waals surface area contributed by atoms with Crippen LogP contribution >= 0.6 is 0 Å². The number of carbonyl (C=O) groups excluding carboxylic acids is 1. The predicted octanol–water partition coefficient (Wildman–Crippen LogP) is 3.28. The van der Waals surface area contributed by atoms with Crippen LogP contribution in [0.2, 0.25) is 0 Å². The summed E-state index contributed by atoms with van der Waals surface area (Å²) in [7, 11) is -3.63. The molecule has 1 aliphatic rings. The largest absolute Gasteiger partial charge is 0.295 e. The van der Waals surface area contributed by atoms with Crippen LogP contribution in [0.15, 0.2) is 53.4 Å². The molecule has 1 heterocycles. The van der Waals surface area contributed by atoms with Gasteiger partial charge in [-0.2, -0.15) is 0 Å². The molecule has 5 heteroatoms. The number of hydrogen-bond acceptors (Lipinski definition) is 3. The van der Waals surface area contributed by atoms with Gasteiger partial charge < -0.3 is 0 Å². The molecule has 0 amide bonds. The second-order valence-electron chi connectivity index (χ2n) is 6.05. The first-order valence-corrected chi connectivity index (χ1v) is 9.05. The third-order valence-corrected chi connectivity index (χ3v) is 5.95. The maximum atomic E-state index is 13.0. The van der Waals surface area contributed by atoms with Crippen LogP contribution in [0.1, 0.15) is 29.8 Å². The van der Waals surface area contributed by atoms with Crippen molar-refractivity contribution in [2.24, 2.45) is 5.92 Å². The van der Waals surface area contributed by atoms with E-state index in [2.05, 4.69) is 6.92 Å². The van der Waals surface area contributed by atoms with E-state index >= 15 is 0 Å². The number of ketones is 1. The molecular weight excluding hydrogens is 310 g/mol. The number of para-hydroxylation sites is 1. The zero-order chi connectivity index (χ0) is 16.6. The summed E-state index contributed by atoms with van der Waals surface area (Å²) < 4.78 is 27.5. The fourth-order valence-corrected chi connectivity index (χ4v) is 4.59. The molecule has 0 bridgehead atoms. The number of nitrogens with zero attached hydrogens (tertiary/aromatic N) is 1. The Morgan fingerprint density at radius 3 is 2.39 bits per heavy atom. The van der Waals surface area contributed by atoms with E-state index in [-0.39, 0.29) is 16.6 Å². The van der Waals surface area contributed by atoms with Gasteiger partial charge in [-0.1, -0.05) is 37.3 Å². The first-order chi connectivity index (χ1) is 10.9. The van der Waals surface area contributed by atoms with E-state index in [4.69, 9.17) is 0 Å². The van der Waals surface area contributed by atoms with Gasteiger partial charge in [0.25, 0.3) is 10.0 Å². The van der Waals surface area contributed by atoms with Crippen LogP contribution in [-0.4, -0.2) is 20.7 Å². The van der Waals surface area contributed by atoms with Crippen LogP contribution in [0.25, 0.3) is 0 Å². The quantitative estimate of drug-likeness (QED) is 0.812. The molecular formula is C18H19NO3S. The first-order valence-electron chi connectivity index (χ1n) is 7.61. The van der Waals surface area contributed by atoms with Gasteiger partial charge in [0, 0.05) is 12.1 Å². The van der Waals surface area contributed by atoms with Crippen LogP contribution in [0.3, 0.4) is 0 Å². The summed E-state index contributed by atoms with van der Waals surface area (Å²) >= 11 is 0. The van der Waals surface area contributed by atoms with Gasteiger partial charge in [0.2, 0.25) is 0 Å². The number of benzene rings is 2. The Morgan fingerprint density at radius 1 is 1.09 bits per heavy atom. The SMILES string of the molecule is CC(=O)c1ccc(S(=O)(=O)N2CC(C)Cc3ccccc32)cc1. The molecule has 0 aromatic heterocycles. The Balaban J connectivity index is 2.04. The second-order valence-corrected chi connectivity index (χ2v) is 7.92. The van der Waals surface area contributed by atoms with Crippen molar-refractivity contribution < 1.29 is 13.2 Å². The van der Waals surface area contributed by atoms with E-state index in [1.54, 1.807) is 12.1 Å². The van der Waals surface area contributed by atoms with E-state index in [0.717, 1.165) is 17.7 Å². The molecule has 0 saturated carbocycles. The predicted molar refractivity (Wildman–Crippen MR) is 90.3 cm³/mol. The number of Topliss-reactive ketones (excluding diaryl/α,β-unsaturated/α-hetero) is 1. The van der Waals surface area contributed by atoms with Gasteiger partial charge in [-0.15, -0.1) is 0 Å². The van der Waals surface area contributed by atoms with E-state index in [1.807, 2.05) is 24.3 Å². The minimum Gasteiger partial charge on any atom is -0.295 e. The Hall–Kier alpha value is -2.14. The van der Waals surface area contributed by atoms with Crippen LogP contribution < -0.4 is 4.31 Å². The molecule has 120 valence electrons. The Kier molecular flexibility index (Phi) is 3.98. The van der Waals surface area contributed by atoms with Crippen molar-refractivity contribution in [2.45, 2.75) is 25.2 Å². The number of sulfonamides is 1. The van der Waals surface area contributed by atoms with E-state index in [9.17, 15) is 13.2 Å². The number of carbonyl (C=O) groups is 1. The topological polar surface area (TPSA) is 54.5 Å². The summed E-state index contributed by atoms with van der Waals surface area (Å²) in [4.78, 5) is 11.6. The molecule has 0 N–H and O–H groups in total. The molecule has 1 unspecified atom stereocenters. The first kappa shape index (κ1) is 15.7. The number of hydrogen-bond donors (Lipinski definition) is 0. The lowest BCUT2D eigenvalue weighted by molar-refractivity contribution is 0.101. The van der Waals surface area contributed by atoms with Crippen molar-refractivity contribution in [3.63, 3.8) is 0 Å². The zero-order valence-corrected chi connectivity index (χ0v) is 14.0. The molecule has 3 rings (SSSR count). The Bertz CT molecular complexity index is 841. The molecule has 0 radical (unpaired) electrons. The van der Waals surface area contributed by atoms with Gasteiger partial charge in [0.15, 0.2) is 5.78 Å². The fourth-order valence-electron chi connectivity index (χ4n) is 2.96. The highest BCUT2D eigenvalue weighted by molar-refractivity contribution is 7.92. The lowest BCUT2D eigenvalue weighted by Crippen LogP contribution is -2.39. The summed E-state index contributed by atoms with van der Waals surface area (Å²) in [6.45, 7) is 3.98.